The fraction of sp³-hybridized carbons (Fsp3) is 0.304. The minimum atomic E-state index is -3.31. The molecule has 0 fully saturated rings. The maximum Gasteiger partial charge on any atom is 0.411 e. The number of nitrogens with two attached hydrogens (primary N) is 1. The van der Waals surface area contributed by atoms with Gasteiger partial charge < -0.3 is 4.74 Å². The fourth-order valence-corrected chi connectivity index (χ4v) is 4.16. The lowest BCUT2D eigenvalue weighted by molar-refractivity contribution is -0.451. The van der Waals surface area contributed by atoms with E-state index in [4.69, 9.17) is 14.7 Å². The van der Waals surface area contributed by atoms with E-state index in [2.05, 4.69) is 11.5 Å². The summed E-state index contributed by atoms with van der Waals surface area (Å²) in [6, 6.07) is 11.2. The molecule has 7 nitrogen and oxygen atoms in total. The van der Waals surface area contributed by atoms with Crippen LogP contribution in [-0.2, 0) is 14.7 Å². The van der Waals surface area contributed by atoms with E-state index in [1.807, 2.05) is 13.0 Å². The highest BCUT2D eigenvalue weighted by molar-refractivity contribution is 7.90. The Morgan fingerprint density at radius 1 is 1.34 bits per heavy atom. The van der Waals surface area contributed by atoms with Gasteiger partial charge >= 0.3 is 5.91 Å². The Kier molecular flexibility index (Phi) is 7.22. The number of carbonyl (C=O) groups excluding carboxylic acids is 1. The summed E-state index contributed by atoms with van der Waals surface area (Å²) in [6.45, 7) is 9.37. The van der Waals surface area contributed by atoms with Crippen LogP contribution < -0.4 is 9.88 Å². The SMILES string of the molecule is C=CC(=O)[N+]1=C(C)CN(C[C@@H](Oc2ccc(S(=N)(N)=O)cc2)c2ccc(C)c(F)c2)CC1. The van der Waals surface area contributed by atoms with Crippen LogP contribution in [0.1, 0.15) is 24.2 Å². The lowest BCUT2D eigenvalue weighted by Gasteiger charge is -2.29. The topological polar surface area (TPSA) is 99.5 Å². The second-order valence-electron chi connectivity index (χ2n) is 7.85. The van der Waals surface area contributed by atoms with E-state index in [1.165, 1.54) is 24.3 Å². The molecule has 0 aromatic heterocycles. The molecule has 9 heteroatoms. The highest BCUT2D eigenvalue weighted by Gasteiger charge is 2.29. The van der Waals surface area contributed by atoms with Crippen molar-refractivity contribution >= 4 is 21.5 Å². The molecule has 0 spiro atoms. The number of amides is 1. The molecule has 3 rings (SSSR count). The number of ether oxygens (including phenoxy) is 1. The van der Waals surface area contributed by atoms with E-state index >= 15 is 0 Å². The number of hydrogen-bond acceptors (Lipinski definition) is 5. The molecule has 0 saturated heterocycles. The lowest BCUT2D eigenvalue weighted by Crippen LogP contribution is -2.47. The first-order valence-corrected chi connectivity index (χ1v) is 11.8. The standard InChI is InChI=1S/C23H28FN4O3S/c1-4-23(29)28-12-11-27(14-17(28)3)15-22(18-6-5-16(2)21(24)13-18)31-19-7-9-20(10-8-19)32(25,26)30/h4-10,13,22H,1,11-12,14-15H2,2-3H3,(H3,25,26,30)/q+1/t22-/m1/s1. The molecule has 1 amide bonds. The van der Waals surface area contributed by atoms with Crippen molar-refractivity contribution in [2.24, 2.45) is 5.14 Å². The maximum atomic E-state index is 14.3. The van der Waals surface area contributed by atoms with Gasteiger partial charge in [0, 0.05) is 19.5 Å². The largest absolute Gasteiger partial charge is 0.484 e. The average molecular weight is 460 g/mol. The minimum absolute atomic E-state index is 0.124. The first-order valence-electron chi connectivity index (χ1n) is 10.2. The number of rotatable bonds is 7. The second kappa shape index (κ2) is 9.72. The molecule has 1 aliphatic heterocycles. The van der Waals surface area contributed by atoms with Crippen molar-refractivity contribution in [1.29, 1.82) is 4.78 Å². The molecule has 0 saturated carbocycles. The van der Waals surface area contributed by atoms with Crippen molar-refractivity contribution in [3.05, 3.63) is 72.1 Å². The Morgan fingerprint density at radius 3 is 2.59 bits per heavy atom. The van der Waals surface area contributed by atoms with Crippen molar-refractivity contribution in [3.8, 4) is 5.75 Å². The summed E-state index contributed by atoms with van der Waals surface area (Å²) in [7, 11) is -3.31. The van der Waals surface area contributed by atoms with Crippen LogP contribution in [-0.4, -0.2) is 51.5 Å². The summed E-state index contributed by atoms with van der Waals surface area (Å²) < 4.78 is 41.4. The molecule has 0 aliphatic carbocycles. The second-order valence-corrected chi connectivity index (χ2v) is 9.52. The van der Waals surface area contributed by atoms with Crippen LogP contribution in [0.25, 0.3) is 0 Å². The van der Waals surface area contributed by atoms with Crippen LogP contribution in [0.4, 0.5) is 4.39 Å². The van der Waals surface area contributed by atoms with Gasteiger partial charge in [-0.3, -0.25) is 4.90 Å². The number of benzene rings is 2. The number of hydrogen-bond donors (Lipinski definition) is 2. The molecule has 2 aromatic carbocycles. The van der Waals surface area contributed by atoms with Gasteiger partial charge in [0.1, 0.15) is 27.6 Å². The molecule has 2 atom stereocenters. The summed E-state index contributed by atoms with van der Waals surface area (Å²) in [4.78, 5) is 14.3. The summed E-state index contributed by atoms with van der Waals surface area (Å²) in [5.74, 6) is 0.0544. The zero-order chi connectivity index (χ0) is 23.5. The molecule has 1 unspecified atom stereocenters. The van der Waals surface area contributed by atoms with Crippen molar-refractivity contribution in [2.75, 3.05) is 26.2 Å². The normalized spacial score (nSPS) is 17.5. The zero-order valence-corrected chi connectivity index (χ0v) is 19.0. The average Bonchev–Trinajstić information content (AvgIpc) is 2.74. The van der Waals surface area contributed by atoms with E-state index in [0.29, 0.717) is 43.1 Å². The van der Waals surface area contributed by atoms with Gasteiger partial charge in [-0.05, 0) is 48.4 Å². The van der Waals surface area contributed by atoms with Crippen molar-refractivity contribution in [2.45, 2.75) is 24.8 Å². The minimum Gasteiger partial charge on any atom is -0.484 e. The first kappa shape index (κ1) is 23.8. The van der Waals surface area contributed by atoms with E-state index in [9.17, 15) is 13.4 Å². The summed E-state index contributed by atoms with van der Waals surface area (Å²) in [5.41, 5.74) is 2.14. The summed E-state index contributed by atoms with van der Waals surface area (Å²) in [5, 5.41) is 5.38. The van der Waals surface area contributed by atoms with E-state index in [0.717, 1.165) is 5.71 Å². The van der Waals surface area contributed by atoms with E-state index < -0.39 is 16.0 Å². The predicted molar refractivity (Wildman–Crippen MR) is 122 cm³/mol. The molecular weight excluding hydrogens is 431 g/mol. The third-order valence-electron chi connectivity index (χ3n) is 5.44. The van der Waals surface area contributed by atoms with Gasteiger partial charge in [0.2, 0.25) is 0 Å². The highest BCUT2D eigenvalue weighted by Crippen LogP contribution is 2.26. The van der Waals surface area contributed by atoms with Crippen LogP contribution in [0.2, 0.25) is 0 Å². The monoisotopic (exact) mass is 459 g/mol. The lowest BCUT2D eigenvalue weighted by atomic mass is 10.1. The Hall–Kier alpha value is -2.88. The molecule has 2 aromatic rings. The molecule has 3 N–H and O–H groups in total. The van der Waals surface area contributed by atoms with E-state index in [-0.39, 0.29) is 16.6 Å². The molecular formula is C23H28FN4O3S+. The number of halogens is 1. The van der Waals surface area contributed by atoms with Crippen molar-refractivity contribution < 1.29 is 22.7 Å². The summed E-state index contributed by atoms with van der Waals surface area (Å²) >= 11 is 0. The molecule has 1 heterocycles. The summed E-state index contributed by atoms with van der Waals surface area (Å²) in [6.07, 6.45) is 0.823. The predicted octanol–water partition coefficient (Wildman–Crippen LogP) is 3.04. The Bertz CT molecular complexity index is 1160. The molecule has 32 heavy (non-hydrogen) atoms. The highest BCUT2D eigenvalue weighted by atomic mass is 32.2. The maximum absolute atomic E-state index is 14.3. The first-order chi connectivity index (χ1) is 15.1. The fourth-order valence-electron chi connectivity index (χ4n) is 3.62. The number of nitrogens with one attached hydrogen (secondary N) is 1. The van der Waals surface area contributed by atoms with Crippen molar-refractivity contribution in [1.82, 2.24) is 4.90 Å². The van der Waals surface area contributed by atoms with Crippen LogP contribution in [0.15, 0.2) is 60.0 Å². The van der Waals surface area contributed by atoms with Gasteiger partial charge in [-0.2, -0.15) is 4.58 Å². The third-order valence-corrected chi connectivity index (χ3v) is 6.41. The van der Waals surface area contributed by atoms with Crippen LogP contribution in [0.5, 0.6) is 5.75 Å². The number of carbonyl (C=O) groups is 1. The zero-order valence-electron chi connectivity index (χ0n) is 18.2. The molecule has 170 valence electrons. The Labute approximate surface area is 188 Å². The van der Waals surface area contributed by atoms with Crippen LogP contribution in [0, 0.1) is 17.5 Å². The van der Waals surface area contributed by atoms with Gasteiger partial charge in [0.25, 0.3) is 0 Å². The number of aryl methyl sites for hydroxylation is 1. The molecule has 0 radical (unpaired) electrons. The van der Waals surface area contributed by atoms with Gasteiger partial charge in [0.05, 0.1) is 18.0 Å². The van der Waals surface area contributed by atoms with Gasteiger partial charge in [0.15, 0.2) is 12.3 Å². The smallest absolute Gasteiger partial charge is 0.411 e. The Balaban J connectivity index is 1.85. The number of nitrogens with zero attached hydrogens (tertiary/aromatic N) is 2. The molecule has 0 bridgehead atoms. The Morgan fingerprint density at radius 2 is 2.03 bits per heavy atom. The van der Waals surface area contributed by atoms with Crippen molar-refractivity contribution in [3.63, 3.8) is 0 Å². The van der Waals surface area contributed by atoms with Gasteiger partial charge in [-0.1, -0.05) is 18.7 Å². The van der Waals surface area contributed by atoms with E-state index in [1.54, 1.807) is 29.7 Å². The van der Waals surface area contributed by atoms with Crippen LogP contribution >= 0.6 is 0 Å². The van der Waals surface area contributed by atoms with Gasteiger partial charge in [-0.25, -0.2) is 23.3 Å². The van der Waals surface area contributed by atoms with Crippen LogP contribution in [0.3, 0.4) is 0 Å². The molecule has 1 aliphatic rings. The third kappa shape index (κ3) is 5.67. The quantitative estimate of drug-likeness (QED) is 0.491. The van der Waals surface area contributed by atoms with Gasteiger partial charge in [-0.15, -0.1) is 0 Å².